The number of piperazine rings is 1. The van der Waals surface area contributed by atoms with Crippen LogP contribution in [-0.4, -0.2) is 52.8 Å². The molecule has 0 N–H and O–H groups in total. The van der Waals surface area contributed by atoms with E-state index in [1.807, 2.05) is 45.5 Å². The minimum atomic E-state index is -0.0213. The zero-order valence-electron chi connectivity index (χ0n) is 15.5. The Morgan fingerprint density at radius 1 is 0.926 bits per heavy atom. The summed E-state index contributed by atoms with van der Waals surface area (Å²) in [5, 5.41) is 2.46. The third kappa shape index (κ3) is 4.05. The maximum Gasteiger partial charge on any atom is 0.282 e. The van der Waals surface area contributed by atoms with Crippen LogP contribution in [0.4, 0.5) is 0 Å². The second-order valence-corrected chi connectivity index (χ2v) is 8.21. The summed E-state index contributed by atoms with van der Waals surface area (Å²) in [5.41, 5.74) is 1.87. The Balaban J connectivity index is 1.35. The molecule has 2 aromatic rings. The van der Waals surface area contributed by atoms with E-state index >= 15 is 0 Å². The largest absolute Gasteiger partial charge is 0.339 e. The number of thiazole rings is 1. The monoisotopic (exact) mass is 383 g/mol. The zero-order chi connectivity index (χ0) is 18.6. The van der Waals surface area contributed by atoms with Gasteiger partial charge in [-0.25, -0.2) is 4.98 Å². The first-order valence-corrected chi connectivity index (χ1v) is 10.7. The van der Waals surface area contributed by atoms with Crippen molar-refractivity contribution in [3.8, 4) is 11.3 Å². The van der Waals surface area contributed by atoms with E-state index in [0.29, 0.717) is 37.1 Å². The lowest BCUT2D eigenvalue weighted by atomic mass is 9.88. The van der Waals surface area contributed by atoms with Crippen molar-refractivity contribution in [2.24, 2.45) is 5.92 Å². The Bertz CT molecular complexity index is 791. The number of rotatable bonds is 3. The minimum absolute atomic E-state index is 0.0213. The van der Waals surface area contributed by atoms with Gasteiger partial charge in [0.15, 0.2) is 5.01 Å². The summed E-state index contributed by atoms with van der Waals surface area (Å²) in [6.07, 6.45) is 5.65. The fourth-order valence-electron chi connectivity index (χ4n) is 3.99. The summed E-state index contributed by atoms with van der Waals surface area (Å²) in [5.74, 6) is 0.475. The molecule has 1 aliphatic heterocycles. The highest BCUT2D eigenvalue weighted by Gasteiger charge is 2.30. The van der Waals surface area contributed by atoms with Crippen LogP contribution in [0.15, 0.2) is 35.7 Å². The Morgan fingerprint density at radius 2 is 1.59 bits per heavy atom. The fourth-order valence-corrected chi connectivity index (χ4v) is 4.78. The first-order valence-electron chi connectivity index (χ1n) is 9.81. The van der Waals surface area contributed by atoms with E-state index in [0.717, 1.165) is 24.1 Å². The van der Waals surface area contributed by atoms with Crippen LogP contribution in [0.2, 0.25) is 0 Å². The lowest BCUT2D eigenvalue weighted by molar-refractivity contribution is -0.138. The van der Waals surface area contributed by atoms with Gasteiger partial charge >= 0.3 is 0 Å². The Morgan fingerprint density at radius 3 is 2.30 bits per heavy atom. The highest BCUT2D eigenvalue weighted by atomic mass is 32.1. The second kappa shape index (κ2) is 8.21. The molecule has 2 aliphatic rings. The molecule has 0 atom stereocenters. The van der Waals surface area contributed by atoms with Crippen molar-refractivity contribution in [3.63, 3.8) is 0 Å². The number of benzene rings is 1. The molecule has 5 nitrogen and oxygen atoms in total. The van der Waals surface area contributed by atoms with Crippen LogP contribution in [0.5, 0.6) is 0 Å². The van der Waals surface area contributed by atoms with Gasteiger partial charge in [-0.2, -0.15) is 0 Å². The van der Waals surface area contributed by atoms with Gasteiger partial charge in [-0.3, -0.25) is 9.59 Å². The van der Waals surface area contributed by atoms with Crippen molar-refractivity contribution in [3.05, 3.63) is 40.7 Å². The van der Waals surface area contributed by atoms with Gasteiger partial charge in [0.1, 0.15) is 0 Å². The summed E-state index contributed by atoms with van der Waals surface area (Å²) in [4.78, 5) is 33.8. The van der Waals surface area contributed by atoms with Gasteiger partial charge in [0.05, 0.1) is 5.69 Å². The summed E-state index contributed by atoms with van der Waals surface area (Å²) in [6.45, 7) is 2.46. The van der Waals surface area contributed by atoms with Gasteiger partial charge in [-0.1, -0.05) is 49.6 Å². The zero-order valence-corrected chi connectivity index (χ0v) is 16.3. The molecule has 1 saturated carbocycles. The summed E-state index contributed by atoms with van der Waals surface area (Å²) in [7, 11) is 0. The van der Waals surface area contributed by atoms with Crippen LogP contribution in [0.1, 0.15) is 41.9 Å². The molecule has 1 aromatic heterocycles. The van der Waals surface area contributed by atoms with E-state index in [4.69, 9.17) is 0 Å². The van der Waals surface area contributed by atoms with Gasteiger partial charge in [-0.05, 0) is 12.8 Å². The Hall–Kier alpha value is -2.21. The molecule has 0 unspecified atom stereocenters. The number of hydrogen-bond donors (Lipinski definition) is 0. The van der Waals surface area contributed by atoms with Gasteiger partial charge in [0.2, 0.25) is 5.91 Å². The average Bonchev–Trinajstić information content (AvgIpc) is 3.24. The van der Waals surface area contributed by atoms with E-state index in [1.165, 1.54) is 30.6 Å². The molecule has 2 amide bonds. The summed E-state index contributed by atoms with van der Waals surface area (Å²) in [6, 6.07) is 9.91. The molecule has 6 heteroatoms. The molecular formula is C21H25N3O2S. The van der Waals surface area contributed by atoms with E-state index < -0.39 is 0 Å². The molecule has 2 heterocycles. The number of aromatic nitrogens is 1. The van der Waals surface area contributed by atoms with Crippen LogP contribution >= 0.6 is 11.3 Å². The van der Waals surface area contributed by atoms with Gasteiger partial charge in [0, 0.05) is 43.0 Å². The van der Waals surface area contributed by atoms with Crippen molar-refractivity contribution in [1.82, 2.24) is 14.8 Å². The molecule has 0 radical (unpaired) electrons. The number of carbonyl (C=O) groups excluding carboxylic acids is 2. The lowest BCUT2D eigenvalue weighted by Gasteiger charge is -2.36. The van der Waals surface area contributed by atoms with Crippen molar-refractivity contribution >= 4 is 23.2 Å². The van der Waals surface area contributed by atoms with Crippen LogP contribution < -0.4 is 0 Å². The highest BCUT2D eigenvalue weighted by molar-refractivity contribution is 7.12. The molecule has 27 heavy (non-hydrogen) atoms. The normalized spacial score (nSPS) is 18.5. The maximum atomic E-state index is 12.8. The van der Waals surface area contributed by atoms with E-state index in [9.17, 15) is 9.59 Å². The average molecular weight is 384 g/mol. The van der Waals surface area contributed by atoms with E-state index in [1.54, 1.807) is 0 Å². The molecule has 1 saturated heterocycles. The second-order valence-electron chi connectivity index (χ2n) is 7.36. The SMILES string of the molecule is O=C(c1nc(-c2ccccc2)cs1)N1CCN(C(=O)C2CCCCC2)CC1. The standard InChI is InChI=1S/C21H25N3O2S/c25-20(17-9-5-2-6-10-17)23-11-13-24(14-12-23)21(26)19-22-18(15-27-19)16-7-3-1-4-8-16/h1,3-4,7-8,15,17H,2,5-6,9-14H2. The lowest BCUT2D eigenvalue weighted by Crippen LogP contribution is -2.52. The Labute approximate surface area is 164 Å². The third-order valence-electron chi connectivity index (χ3n) is 5.59. The van der Waals surface area contributed by atoms with Crippen molar-refractivity contribution in [2.75, 3.05) is 26.2 Å². The third-order valence-corrected chi connectivity index (χ3v) is 6.42. The predicted octanol–water partition coefficient (Wildman–Crippen LogP) is 3.67. The van der Waals surface area contributed by atoms with Crippen LogP contribution in [0.25, 0.3) is 11.3 Å². The number of nitrogens with zero attached hydrogens (tertiary/aromatic N) is 3. The maximum absolute atomic E-state index is 12.8. The van der Waals surface area contributed by atoms with Crippen LogP contribution in [-0.2, 0) is 4.79 Å². The van der Waals surface area contributed by atoms with E-state index in [-0.39, 0.29) is 11.8 Å². The van der Waals surface area contributed by atoms with Crippen molar-refractivity contribution < 1.29 is 9.59 Å². The molecular weight excluding hydrogens is 358 g/mol. The van der Waals surface area contributed by atoms with Gasteiger partial charge in [0.25, 0.3) is 5.91 Å². The smallest absolute Gasteiger partial charge is 0.282 e. The molecule has 0 spiro atoms. The number of hydrogen-bond acceptors (Lipinski definition) is 4. The minimum Gasteiger partial charge on any atom is -0.339 e. The molecule has 4 rings (SSSR count). The van der Waals surface area contributed by atoms with Gasteiger partial charge < -0.3 is 9.80 Å². The van der Waals surface area contributed by atoms with Gasteiger partial charge in [-0.15, -0.1) is 11.3 Å². The quantitative estimate of drug-likeness (QED) is 0.812. The van der Waals surface area contributed by atoms with E-state index in [2.05, 4.69) is 4.98 Å². The Kier molecular flexibility index (Phi) is 5.53. The fraction of sp³-hybridized carbons (Fsp3) is 0.476. The predicted molar refractivity (Wildman–Crippen MR) is 107 cm³/mol. The first-order chi connectivity index (χ1) is 13.2. The summed E-state index contributed by atoms with van der Waals surface area (Å²) < 4.78 is 0. The molecule has 142 valence electrons. The number of amides is 2. The highest BCUT2D eigenvalue weighted by Crippen LogP contribution is 2.26. The first kappa shape index (κ1) is 18.2. The van der Waals surface area contributed by atoms with Crippen LogP contribution in [0.3, 0.4) is 0 Å². The van der Waals surface area contributed by atoms with Crippen molar-refractivity contribution in [1.29, 1.82) is 0 Å². The van der Waals surface area contributed by atoms with Crippen LogP contribution in [0, 0.1) is 5.92 Å². The molecule has 1 aromatic carbocycles. The topological polar surface area (TPSA) is 53.5 Å². The summed E-state index contributed by atoms with van der Waals surface area (Å²) >= 11 is 1.39. The van der Waals surface area contributed by atoms with Crippen molar-refractivity contribution in [2.45, 2.75) is 32.1 Å². The molecule has 1 aliphatic carbocycles. The molecule has 2 fully saturated rings. The number of carbonyl (C=O) groups is 2. The molecule has 0 bridgehead atoms.